The molecule has 1 aliphatic heterocycles. The summed E-state index contributed by atoms with van der Waals surface area (Å²) in [7, 11) is 0. The number of likely N-dealkylation sites (tertiary alicyclic amines) is 1. The van der Waals surface area contributed by atoms with E-state index in [-0.39, 0.29) is 11.9 Å². The zero-order valence-electron chi connectivity index (χ0n) is 13.0. The van der Waals surface area contributed by atoms with Crippen LogP contribution in [0.5, 0.6) is 0 Å². The molecule has 1 aliphatic rings. The molecule has 1 aromatic rings. The highest BCUT2D eigenvalue weighted by Crippen LogP contribution is 2.23. The molecule has 116 valence electrons. The summed E-state index contributed by atoms with van der Waals surface area (Å²) in [6, 6.07) is 10.1. The quantitative estimate of drug-likeness (QED) is 0.904. The number of hydrogen-bond donors (Lipinski definition) is 1. The number of carbonyl (C=O) groups excluding carboxylic acids is 1. The molecule has 3 atom stereocenters. The summed E-state index contributed by atoms with van der Waals surface area (Å²) < 4.78 is 5.74. The van der Waals surface area contributed by atoms with E-state index in [9.17, 15) is 4.79 Å². The van der Waals surface area contributed by atoms with Crippen LogP contribution in [-0.2, 0) is 16.1 Å². The average molecular weight is 290 g/mol. The van der Waals surface area contributed by atoms with Crippen molar-refractivity contribution in [2.24, 2.45) is 11.7 Å². The minimum atomic E-state index is -0.426. The lowest BCUT2D eigenvalue weighted by Gasteiger charge is -2.40. The molecule has 0 radical (unpaired) electrons. The van der Waals surface area contributed by atoms with Gasteiger partial charge < -0.3 is 15.4 Å². The number of nitrogens with two attached hydrogens (primary N) is 1. The van der Waals surface area contributed by atoms with E-state index in [1.165, 1.54) is 0 Å². The van der Waals surface area contributed by atoms with E-state index in [1.54, 1.807) is 0 Å². The van der Waals surface area contributed by atoms with Crippen LogP contribution in [0.15, 0.2) is 30.3 Å². The average Bonchev–Trinajstić information content (AvgIpc) is 2.52. The van der Waals surface area contributed by atoms with Crippen LogP contribution in [0.2, 0.25) is 0 Å². The summed E-state index contributed by atoms with van der Waals surface area (Å²) in [5.41, 5.74) is 6.94. The monoisotopic (exact) mass is 290 g/mol. The van der Waals surface area contributed by atoms with Crippen molar-refractivity contribution in [1.82, 2.24) is 4.90 Å². The van der Waals surface area contributed by atoms with Gasteiger partial charge >= 0.3 is 0 Å². The third-order valence-electron chi connectivity index (χ3n) is 4.33. The van der Waals surface area contributed by atoms with E-state index < -0.39 is 6.10 Å². The fraction of sp³-hybridized carbons (Fsp3) is 0.588. The Morgan fingerprint density at radius 2 is 2.14 bits per heavy atom. The maximum atomic E-state index is 12.6. The van der Waals surface area contributed by atoms with Gasteiger partial charge in [0.1, 0.15) is 6.10 Å². The van der Waals surface area contributed by atoms with Crippen molar-refractivity contribution < 1.29 is 9.53 Å². The molecular weight excluding hydrogens is 264 g/mol. The van der Waals surface area contributed by atoms with E-state index in [1.807, 2.05) is 42.2 Å². The first-order chi connectivity index (χ1) is 10.1. The van der Waals surface area contributed by atoms with E-state index in [0.29, 0.717) is 19.1 Å². The fourth-order valence-electron chi connectivity index (χ4n) is 2.98. The molecule has 0 saturated carbocycles. The van der Waals surface area contributed by atoms with Gasteiger partial charge in [-0.15, -0.1) is 0 Å². The highest BCUT2D eigenvalue weighted by atomic mass is 16.5. The third-order valence-corrected chi connectivity index (χ3v) is 4.33. The molecule has 4 nitrogen and oxygen atoms in total. The molecule has 0 unspecified atom stereocenters. The topological polar surface area (TPSA) is 55.6 Å². The number of hydrogen-bond acceptors (Lipinski definition) is 3. The van der Waals surface area contributed by atoms with Crippen LogP contribution in [0, 0.1) is 5.92 Å². The van der Waals surface area contributed by atoms with E-state index in [0.717, 1.165) is 24.9 Å². The molecule has 0 bridgehead atoms. The first-order valence-electron chi connectivity index (χ1n) is 7.79. The molecule has 4 heteroatoms. The van der Waals surface area contributed by atoms with Gasteiger partial charge in [-0.05, 0) is 31.2 Å². The summed E-state index contributed by atoms with van der Waals surface area (Å²) in [6.07, 6.45) is 1.77. The number of ether oxygens (including phenoxy) is 1. The van der Waals surface area contributed by atoms with E-state index >= 15 is 0 Å². The molecule has 0 aliphatic carbocycles. The van der Waals surface area contributed by atoms with Crippen molar-refractivity contribution in [3.63, 3.8) is 0 Å². The molecule has 0 spiro atoms. The van der Waals surface area contributed by atoms with Crippen molar-refractivity contribution in [3.8, 4) is 0 Å². The lowest BCUT2D eigenvalue weighted by Crippen LogP contribution is -2.54. The smallest absolute Gasteiger partial charge is 0.251 e. The first-order valence-corrected chi connectivity index (χ1v) is 7.79. The van der Waals surface area contributed by atoms with Gasteiger partial charge in [-0.2, -0.15) is 0 Å². The number of nitrogens with zero attached hydrogens (tertiary/aromatic N) is 1. The Morgan fingerprint density at radius 1 is 1.43 bits per heavy atom. The zero-order chi connectivity index (χ0) is 15.2. The van der Waals surface area contributed by atoms with Crippen LogP contribution in [0.4, 0.5) is 0 Å². The molecular formula is C17H26N2O2. The maximum absolute atomic E-state index is 12.6. The number of amides is 1. The third kappa shape index (κ3) is 4.05. The van der Waals surface area contributed by atoms with E-state index in [2.05, 4.69) is 6.92 Å². The zero-order valence-corrected chi connectivity index (χ0v) is 13.0. The van der Waals surface area contributed by atoms with Crippen LogP contribution in [-0.4, -0.2) is 36.0 Å². The minimum Gasteiger partial charge on any atom is -0.364 e. The second-order valence-corrected chi connectivity index (χ2v) is 5.89. The largest absolute Gasteiger partial charge is 0.364 e. The molecule has 2 rings (SSSR count). The van der Waals surface area contributed by atoms with Gasteiger partial charge in [0, 0.05) is 19.1 Å². The van der Waals surface area contributed by atoms with Gasteiger partial charge in [0.15, 0.2) is 0 Å². The second kappa shape index (κ2) is 7.57. The molecule has 1 fully saturated rings. The Kier molecular flexibility index (Phi) is 5.76. The normalized spacial score (nSPS) is 23.9. The lowest BCUT2D eigenvalue weighted by atomic mass is 9.90. The standard InChI is InChI=1S/C17H26N2O2/c1-13-7-6-10-19(16(13)11-18)17(20)14(2)21-12-15-8-4-3-5-9-15/h3-5,8-9,13-14,16H,6-7,10-12,18H2,1-2H3/t13-,14-,16-/m0/s1. The Bertz CT molecular complexity index is 449. The van der Waals surface area contributed by atoms with Crippen LogP contribution in [0.1, 0.15) is 32.3 Å². The summed E-state index contributed by atoms with van der Waals surface area (Å²) in [6.45, 7) is 5.79. The number of rotatable bonds is 5. The Labute approximate surface area is 127 Å². The van der Waals surface area contributed by atoms with Crippen molar-refractivity contribution in [3.05, 3.63) is 35.9 Å². The summed E-state index contributed by atoms with van der Waals surface area (Å²) >= 11 is 0. The summed E-state index contributed by atoms with van der Waals surface area (Å²) in [5, 5.41) is 0. The van der Waals surface area contributed by atoms with Crippen LogP contribution < -0.4 is 5.73 Å². The van der Waals surface area contributed by atoms with Crippen LogP contribution in [0.25, 0.3) is 0 Å². The van der Waals surface area contributed by atoms with Gasteiger partial charge in [-0.25, -0.2) is 0 Å². The van der Waals surface area contributed by atoms with Crippen molar-refractivity contribution in [2.75, 3.05) is 13.1 Å². The summed E-state index contributed by atoms with van der Waals surface area (Å²) in [5.74, 6) is 0.530. The second-order valence-electron chi connectivity index (χ2n) is 5.89. The van der Waals surface area contributed by atoms with Crippen LogP contribution >= 0.6 is 0 Å². The van der Waals surface area contributed by atoms with Crippen molar-refractivity contribution in [1.29, 1.82) is 0 Å². The van der Waals surface area contributed by atoms with Gasteiger partial charge in [-0.3, -0.25) is 4.79 Å². The van der Waals surface area contributed by atoms with E-state index in [4.69, 9.17) is 10.5 Å². The number of piperidine rings is 1. The molecule has 1 heterocycles. The Balaban J connectivity index is 1.92. The van der Waals surface area contributed by atoms with Crippen molar-refractivity contribution in [2.45, 2.75) is 45.4 Å². The molecule has 0 aromatic heterocycles. The molecule has 1 aromatic carbocycles. The van der Waals surface area contributed by atoms with Gasteiger partial charge in [0.05, 0.1) is 6.61 Å². The number of benzene rings is 1. The SMILES string of the molecule is C[C@H](OCc1ccccc1)C(=O)N1CCC[C@H](C)[C@@H]1CN. The number of carbonyl (C=O) groups is 1. The molecule has 2 N–H and O–H groups in total. The van der Waals surface area contributed by atoms with Crippen molar-refractivity contribution >= 4 is 5.91 Å². The predicted octanol–water partition coefficient (Wildman–Crippen LogP) is 2.18. The lowest BCUT2D eigenvalue weighted by molar-refractivity contribution is -0.148. The fourth-order valence-corrected chi connectivity index (χ4v) is 2.98. The highest BCUT2D eigenvalue weighted by molar-refractivity contribution is 5.81. The first kappa shape index (κ1) is 16.0. The van der Waals surface area contributed by atoms with Gasteiger partial charge in [-0.1, -0.05) is 37.3 Å². The molecule has 21 heavy (non-hydrogen) atoms. The maximum Gasteiger partial charge on any atom is 0.251 e. The highest BCUT2D eigenvalue weighted by Gasteiger charge is 2.33. The Morgan fingerprint density at radius 3 is 2.81 bits per heavy atom. The minimum absolute atomic E-state index is 0.0629. The molecule has 1 saturated heterocycles. The van der Waals surface area contributed by atoms with Gasteiger partial charge in [0.2, 0.25) is 0 Å². The summed E-state index contributed by atoms with van der Waals surface area (Å²) in [4.78, 5) is 14.5. The van der Waals surface area contributed by atoms with Crippen LogP contribution in [0.3, 0.4) is 0 Å². The molecule has 1 amide bonds. The predicted molar refractivity (Wildman–Crippen MR) is 83.6 cm³/mol. The Hall–Kier alpha value is -1.39. The van der Waals surface area contributed by atoms with Gasteiger partial charge in [0.25, 0.3) is 5.91 Å².